The van der Waals surface area contributed by atoms with Gasteiger partial charge in [-0.3, -0.25) is 9.69 Å². The lowest BCUT2D eigenvalue weighted by Gasteiger charge is -2.42. The van der Waals surface area contributed by atoms with Crippen molar-refractivity contribution >= 4 is 29.3 Å². The van der Waals surface area contributed by atoms with Crippen LogP contribution in [0.5, 0.6) is 0 Å². The molecule has 0 heterocycles. The van der Waals surface area contributed by atoms with Crippen molar-refractivity contribution in [1.29, 1.82) is 0 Å². The number of carbonyl (C=O) groups is 2. The summed E-state index contributed by atoms with van der Waals surface area (Å²) < 4.78 is 25.4. The van der Waals surface area contributed by atoms with Crippen LogP contribution in [0.4, 0.5) is 19.3 Å². The van der Waals surface area contributed by atoms with Crippen LogP contribution in [0.15, 0.2) is 18.2 Å². The fraction of sp³-hybridized carbons (Fsp3) is 0.500. The van der Waals surface area contributed by atoms with E-state index >= 15 is 0 Å². The third kappa shape index (κ3) is 5.27. The van der Waals surface area contributed by atoms with Crippen LogP contribution < -0.4 is 10.6 Å². The minimum atomic E-state index is -2.65. The molecule has 0 unspecified atom stereocenters. The normalized spacial score (nSPS) is 19.6. The number of likely N-dealkylation sites (N-methyl/N-ethyl adjacent to an activating group) is 1. The number of aliphatic carboxylic acids is 1. The van der Waals surface area contributed by atoms with Gasteiger partial charge in [-0.2, -0.15) is 0 Å². The third-order valence-corrected chi connectivity index (χ3v) is 4.53. The summed E-state index contributed by atoms with van der Waals surface area (Å²) in [6.45, 7) is 2.47. The Hall–Kier alpha value is -1.93. The van der Waals surface area contributed by atoms with Crippen molar-refractivity contribution in [3.63, 3.8) is 0 Å². The Bertz CT molecular complexity index is 639. The number of halogens is 3. The lowest BCUT2D eigenvalue weighted by molar-refractivity contribution is -0.139. The predicted octanol–water partition coefficient (Wildman–Crippen LogP) is 3.34. The number of carboxylic acid groups (broad SMARTS) is 1. The number of anilines is 1. The first-order valence-corrected chi connectivity index (χ1v) is 8.28. The number of nitrogens with one attached hydrogen (secondary N) is 2. The highest BCUT2D eigenvalue weighted by Gasteiger charge is 2.34. The molecule has 0 atom stereocenters. The van der Waals surface area contributed by atoms with Gasteiger partial charge in [0.25, 0.3) is 6.43 Å². The minimum Gasteiger partial charge on any atom is -0.480 e. The summed E-state index contributed by atoms with van der Waals surface area (Å²) in [6.07, 6.45) is -1.37. The lowest BCUT2D eigenvalue weighted by Crippen LogP contribution is -2.55. The van der Waals surface area contributed by atoms with Crippen molar-refractivity contribution in [1.82, 2.24) is 10.2 Å². The highest BCUT2D eigenvalue weighted by Crippen LogP contribution is 2.29. The molecule has 2 amide bonds. The molecule has 9 heteroatoms. The second-order valence-corrected chi connectivity index (χ2v) is 6.32. The topological polar surface area (TPSA) is 81.7 Å². The van der Waals surface area contributed by atoms with Crippen LogP contribution in [-0.2, 0) is 4.79 Å². The Kier molecular flexibility index (Phi) is 6.55. The van der Waals surface area contributed by atoms with Gasteiger partial charge in [0.05, 0.1) is 17.3 Å². The van der Waals surface area contributed by atoms with E-state index in [-0.39, 0.29) is 34.9 Å². The van der Waals surface area contributed by atoms with Gasteiger partial charge in [0.2, 0.25) is 0 Å². The monoisotopic (exact) mass is 375 g/mol. The van der Waals surface area contributed by atoms with Crippen molar-refractivity contribution in [3.05, 3.63) is 28.8 Å². The summed E-state index contributed by atoms with van der Waals surface area (Å²) in [4.78, 5) is 24.6. The molecule has 138 valence electrons. The molecule has 1 fully saturated rings. The number of benzene rings is 1. The van der Waals surface area contributed by atoms with Crippen molar-refractivity contribution in [3.8, 4) is 0 Å². The zero-order chi connectivity index (χ0) is 18.6. The SMILES string of the molecule is CCN(CC(=O)O)C1CC(NC(=O)Nc2cc(C(F)F)ccc2Cl)C1. The summed E-state index contributed by atoms with van der Waals surface area (Å²) in [6, 6.07) is 3.14. The van der Waals surface area contributed by atoms with Gasteiger partial charge in [-0.1, -0.05) is 24.6 Å². The molecule has 6 nitrogen and oxygen atoms in total. The zero-order valence-corrected chi connectivity index (χ0v) is 14.4. The molecule has 2 rings (SSSR count). The number of nitrogens with zero attached hydrogens (tertiary/aromatic N) is 1. The Labute approximate surface area is 149 Å². The van der Waals surface area contributed by atoms with Crippen LogP contribution in [0.25, 0.3) is 0 Å². The number of hydrogen-bond acceptors (Lipinski definition) is 3. The van der Waals surface area contributed by atoms with Crippen LogP contribution in [0.1, 0.15) is 31.8 Å². The first kappa shape index (κ1) is 19.4. The van der Waals surface area contributed by atoms with E-state index in [0.29, 0.717) is 19.4 Å². The van der Waals surface area contributed by atoms with Crippen LogP contribution in [0, 0.1) is 0 Å². The third-order valence-electron chi connectivity index (χ3n) is 4.20. The average molecular weight is 376 g/mol. The fourth-order valence-electron chi connectivity index (χ4n) is 2.79. The molecule has 3 N–H and O–H groups in total. The molecular formula is C16H20ClF2N3O3. The number of urea groups is 1. The molecule has 1 aliphatic carbocycles. The standard InChI is InChI=1S/C16H20ClF2N3O3/c1-2-22(8-14(23)24)11-6-10(7-11)20-16(25)21-13-5-9(15(18)19)3-4-12(13)17/h3-5,10-11,15H,2,6-8H2,1H3,(H,23,24)(H2,20,21,25). The summed E-state index contributed by atoms with van der Waals surface area (Å²) in [5, 5.41) is 14.2. The molecule has 0 saturated heterocycles. The number of hydrogen-bond donors (Lipinski definition) is 3. The molecule has 25 heavy (non-hydrogen) atoms. The van der Waals surface area contributed by atoms with Crippen molar-refractivity contribution < 1.29 is 23.5 Å². The lowest BCUT2D eigenvalue weighted by atomic mass is 9.85. The molecule has 1 saturated carbocycles. The first-order valence-electron chi connectivity index (χ1n) is 7.91. The maximum atomic E-state index is 12.7. The zero-order valence-electron chi connectivity index (χ0n) is 13.6. The molecule has 0 radical (unpaired) electrons. The van der Waals surface area contributed by atoms with Gasteiger partial charge in [0.15, 0.2) is 0 Å². The Morgan fingerprint density at radius 1 is 1.40 bits per heavy atom. The molecular weight excluding hydrogens is 356 g/mol. The minimum absolute atomic E-state index is 0.0316. The van der Waals surface area contributed by atoms with E-state index in [1.807, 2.05) is 11.8 Å². The van der Waals surface area contributed by atoms with Gasteiger partial charge in [0, 0.05) is 17.6 Å². The van der Waals surface area contributed by atoms with Gasteiger partial charge >= 0.3 is 12.0 Å². The smallest absolute Gasteiger partial charge is 0.319 e. The molecule has 0 aromatic heterocycles. The quantitative estimate of drug-likeness (QED) is 0.682. The maximum absolute atomic E-state index is 12.7. The van der Waals surface area contributed by atoms with E-state index in [0.717, 1.165) is 6.07 Å². The molecule has 1 aliphatic rings. The van der Waals surface area contributed by atoms with Crippen molar-refractivity contribution in [2.45, 2.75) is 38.3 Å². The van der Waals surface area contributed by atoms with E-state index in [4.69, 9.17) is 16.7 Å². The molecule has 0 bridgehead atoms. The molecule has 0 aliphatic heterocycles. The Morgan fingerprint density at radius 3 is 2.64 bits per heavy atom. The number of rotatable bonds is 7. The summed E-state index contributed by atoms with van der Waals surface area (Å²) in [5.74, 6) is -0.885. The van der Waals surface area contributed by atoms with Gasteiger partial charge in [-0.25, -0.2) is 13.6 Å². The second-order valence-electron chi connectivity index (χ2n) is 5.92. The highest BCUT2D eigenvalue weighted by molar-refractivity contribution is 6.33. The highest BCUT2D eigenvalue weighted by atomic mass is 35.5. The number of alkyl halides is 2. The van der Waals surface area contributed by atoms with Gasteiger partial charge < -0.3 is 15.7 Å². The van der Waals surface area contributed by atoms with Crippen molar-refractivity contribution in [2.75, 3.05) is 18.4 Å². The molecule has 1 aromatic carbocycles. The summed E-state index contributed by atoms with van der Waals surface area (Å²) in [5.41, 5.74) is -0.107. The number of amides is 2. The van der Waals surface area contributed by atoms with E-state index in [1.165, 1.54) is 12.1 Å². The van der Waals surface area contributed by atoms with Crippen LogP contribution in [0.2, 0.25) is 5.02 Å². The van der Waals surface area contributed by atoms with Crippen molar-refractivity contribution in [2.24, 2.45) is 0 Å². The van der Waals surface area contributed by atoms with E-state index in [2.05, 4.69) is 10.6 Å². The summed E-state index contributed by atoms with van der Waals surface area (Å²) in [7, 11) is 0. The maximum Gasteiger partial charge on any atom is 0.319 e. The average Bonchev–Trinajstić information content (AvgIpc) is 2.50. The van der Waals surface area contributed by atoms with Crippen LogP contribution >= 0.6 is 11.6 Å². The van der Waals surface area contributed by atoms with E-state index < -0.39 is 18.4 Å². The van der Waals surface area contributed by atoms with Crippen LogP contribution in [0.3, 0.4) is 0 Å². The second kappa shape index (κ2) is 8.44. The van der Waals surface area contributed by atoms with E-state index in [1.54, 1.807) is 0 Å². The Balaban J connectivity index is 1.84. The molecule has 1 aromatic rings. The molecule has 0 spiro atoms. The van der Waals surface area contributed by atoms with Crippen LogP contribution in [-0.4, -0.2) is 47.2 Å². The van der Waals surface area contributed by atoms with Gasteiger partial charge in [-0.15, -0.1) is 0 Å². The largest absolute Gasteiger partial charge is 0.480 e. The number of carbonyl (C=O) groups excluding carboxylic acids is 1. The fourth-order valence-corrected chi connectivity index (χ4v) is 2.96. The number of carboxylic acids is 1. The summed E-state index contributed by atoms with van der Waals surface area (Å²) >= 11 is 5.91. The predicted molar refractivity (Wildman–Crippen MR) is 90.3 cm³/mol. The first-order chi connectivity index (χ1) is 11.8. The Morgan fingerprint density at radius 2 is 2.08 bits per heavy atom. The van der Waals surface area contributed by atoms with Gasteiger partial charge in [0.1, 0.15) is 0 Å². The van der Waals surface area contributed by atoms with Gasteiger partial charge in [-0.05, 0) is 31.5 Å². The van der Waals surface area contributed by atoms with E-state index in [9.17, 15) is 18.4 Å².